The molecular weight excluding hydrogens is 598 g/mol. The highest BCUT2D eigenvalue weighted by Crippen LogP contribution is 2.67. The van der Waals surface area contributed by atoms with Crippen molar-refractivity contribution in [1.82, 2.24) is 4.90 Å². The summed E-state index contributed by atoms with van der Waals surface area (Å²) in [7, 11) is 0. The number of carbonyl (C=O) groups excluding carboxylic acids is 3. The first-order chi connectivity index (χ1) is 21.0. The third-order valence-corrected chi connectivity index (χ3v) is 13.3. The Balaban J connectivity index is 1.42. The van der Waals surface area contributed by atoms with Crippen LogP contribution in [0.25, 0.3) is 0 Å². The molecule has 4 saturated carbocycles. The molecule has 234 valence electrons. The maximum Gasteiger partial charge on any atom is 0.237 e. The monoisotopic (exact) mass is 638 g/mol. The lowest BCUT2D eigenvalue weighted by atomic mass is 9.51. The molecule has 5 fully saturated rings. The number of fused-ring (bicyclic) bond motifs is 6. The molecule has 2 aliphatic heterocycles. The number of carbonyl (C=O) groups is 3. The average molecular weight is 640 g/mol. The van der Waals surface area contributed by atoms with Crippen LogP contribution in [0.15, 0.2) is 36.4 Å². The van der Waals surface area contributed by atoms with Gasteiger partial charge in [-0.05, 0) is 99.6 Å². The van der Waals surface area contributed by atoms with E-state index in [-0.39, 0.29) is 33.3 Å². The summed E-state index contributed by atoms with van der Waals surface area (Å²) in [5.74, 6) is -1.17. The second kappa shape index (κ2) is 10.6. The number of hydrogen-bond donors (Lipinski definition) is 1. The summed E-state index contributed by atoms with van der Waals surface area (Å²) in [6.07, 6.45) is 9.81. The molecule has 5 nitrogen and oxygen atoms in total. The quantitative estimate of drug-likeness (QED) is 0.345. The number of benzene rings is 2. The van der Waals surface area contributed by atoms with Crippen LogP contribution in [0.4, 0.5) is 10.1 Å². The van der Waals surface area contributed by atoms with Gasteiger partial charge < -0.3 is 5.32 Å². The van der Waals surface area contributed by atoms with Crippen molar-refractivity contribution in [2.24, 2.45) is 10.8 Å². The third-order valence-electron chi connectivity index (χ3n) is 12.8. The van der Waals surface area contributed by atoms with E-state index in [4.69, 9.17) is 23.2 Å². The molecular formula is C36H41Cl2FN2O3. The number of Topliss-reactive ketones (excluding diaryl/α,β-unsaturated/α-hetero) is 2. The number of anilines is 1. The number of ketones is 2. The van der Waals surface area contributed by atoms with E-state index in [1.807, 2.05) is 6.07 Å². The summed E-state index contributed by atoms with van der Waals surface area (Å²) in [6, 6.07) is 9.79. The second-order valence-corrected chi connectivity index (χ2v) is 15.2. The minimum absolute atomic E-state index is 0.00930. The molecule has 0 aromatic heterocycles. The van der Waals surface area contributed by atoms with Crippen molar-refractivity contribution >= 4 is 46.4 Å². The van der Waals surface area contributed by atoms with Crippen molar-refractivity contribution in [3.8, 4) is 0 Å². The Morgan fingerprint density at radius 2 is 1.66 bits per heavy atom. The zero-order chi connectivity index (χ0) is 31.1. The fourth-order valence-corrected chi connectivity index (χ4v) is 11.0. The minimum Gasteiger partial charge on any atom is -0.325 e. The van der Waals surface area contributed by atoms with Crippen LogP contribution in [0, 0.1) is 16.6 Å². The number of amides is 1. The van der Waals surface area contributed by atoms with E-state index in [0.29, 0.717) is 29.2 Å². The van der Waals surface area contributed by atoms with Crippen molar-refractivity contribution in [3.05, 3.63) is 63.4 Å². The Bertz CT molecular complexity index is 1530. The van der Waals surface area contributed by atoms with E-state index >= 15 is 9.18 Å². The Morgan fingerprint density at radius 3 is 2.30 bits per heavy atom. The molecule has 8 heteroatoms. The van der Waals surface area contributed by atoms with Crippen molar-refractivity contribution in [2.75, 3.05) is 11.9 Å². The Labute approximate surface area is 269 Å². The zero-order valence-corrected chi connectivity index (χ0v) is 27.1. The Hall–Kier alpha value is -2.28. The molecule has 2 heterocycles. The van der Waals surface area contributed by atoms with Gasteiger partial charge in [-0.25, -0.2) is 4.39 Å². The van der Waals surface area contributed by atoms with Crippen LogP contribution < -0.4 is 5.32 Å². The summed E-state index contributed by atoms with van der Waals surface area (Å²) >= 11 is 12.9. The van der Waals surface area contributed by atoms with Gasteiger partial charge in [0.2, 0.25) is 5.91 Å². The highest BCUT2D eigenvalue weighted by molar-refractivity contribution is 6.31. The van der Waals surface area contributed by atoms with Crippen LogP contribution in [0.5, 0.6) is 0 Å². The number of rotatable bonds is 6. The molecule has 2 bridgehead atoms. The van der Waals surface area contributed by atoms with Gasteiger partial charge in [-0.15, -0.1) is 0 Å². The molecule has 6 aliphatic rings. The Kier molecular flexibility index (Phi) is 7.34. The molecule has 1 unspecified atom stereocenters. The summed E-state index contributed by atoms with van der Waals surface area (Å²) in [5, 5.41) is 3.66. The minimum atomic E-state index is -1.20. The molecule has 44 heavy (non-hydrogen) atoms. The predicted octanol–water partition coefficient (Wildman–Crippen LogP) is 8.40. The highest BCUT2D eigenvalue weighted by atomic mass is 35.5. The van der Waals surface area contributed by atoms with E-state index < -0.39 is 28.7 Å². The topological polar surface area (TPSA) is 66.5 Å². The fourth-order valence-electron chi connectivity index (χ4n) is 10.6. The molecule has 2 aromatic rings. The first-order valence-electron chi connectivity index (χ1n) is 16.4. The smallest absolute Gasteiger partial charge is 0.237 e. The van der Waals surface area contributed by atoms with Crippen LogP contribution in [0.2, 0.25) is 10.0 Å². The maximum atomic E-state index is 16.4. The molecule has 3 atom stereocenters. The molecule has 2 aromatic carbocycles. The van der Waals surface area contributed by atoms with Gasteiger partial charge in [0.15, 0.2) is 5.78 Å². The predicted molar refractivity (Wildman–Crippen MR) is 171 cm³/mol. The third kappa shape index (κ3) is 4.02. The average Bonchev–Trinajstić information content (AvgIpc) is 3.44. The summed E-state index contributed by atoms with van der Waals surface area (Å²) in [5.41, 5.74) is -0.503. The largest absolute Gasteiger partial charge is 0.325 e. The Morgan fingerprint density at radius 1 is 0.977 bits per heavy atom. The van der Waals surface area contributed by atoms with Gasteiger partial charge >= 0.3 is 0 Å². The van der Waals surface area contributed by atoms with Crippen LogP contribution in [-0.2, 0) is 19.8 Å². The summed E-state index contributed by atoms with van der Waals surface area (Å²) in [6.45, 7) is 4.34. The van der Waals surface area contributed by atoms with E-state index in [0.717, 1.165) is 76.2 Å². The second-order valence-electron chi connectivity index (χ2n) is 14.4. The fraction of sp³-hybridized carbons (Fsp3) is 0.583. The van der Waals surface area contributed by atoms with E-state index in [1.54, 1.807) is 31.2 Å². The van der Waals surface area contributed by atoms with Crippen LogP contribution in [0.1, 0.15) is 108 Å². The SMILES string of the molecule is CCN1C(C(=O)CC23CCC(C(C)=O)(CC2)CC3)[C@H](c2cccc(Cl)c2F)[C@]2(C(=O)Nc3cc(Cl)ccc32)C12CCCCC2. The van der Waals surface area contributed by atoms with Crippen LogP contribution >= 0.6 is 23.2 Å². The lowest BCUT2D eigenvalue weighted by Gasteiger charge is -2.53. The molecule has 4 aliphatic carbocycles. The number of nitrogens with one attached hydrogen (secondary N) is 1. The standard InChI is InChI=1S/C36H41Cl2FN2O3/c1-3-41-31(28(43)21-33-14-17-34(18-15-33,19-16-33)22(2)42)29(24-8-7-9-26(38)30(24)39)36(35(41)12-5-4-6-13-35)25-11-10-23(37)20-27(25)40-32(36)44/h7-11,20,29,31H,3-6,12-19,21H2,1-2H3,(H,40,44)/t29-,31?,33?,34?,36+/m0/s1. The first kappa shape index (κ1) is 30.4. The highest BCUT2D eigenvalue weighted by Gasteiger charge is 2.75. The summed E-state index contributed by atoms with van der Waals surface area (Å²) < 4.78 is 16.4. The van der Waals surface area contributed by atoms with E-state index in [1.165, 1.54) is 6.07 Å². The van der Waals surface area contributed by atoms with Gasteiger partial charge in [0.25, 0.3) is 0 Å². The first-order valence-corrected chi connectivity index (χ1v) is 17.2. The maximum absolute atomic E-state index is 16.4. The van der Waals surface area contributed by atoms with Crippen molar-refractivity contribution in [1.29, 1.82) is 0 Å². The van der Waals surface area contributed by atoms with Crippen molar-refractivity contribution in [3.63, 3.8) is 0 Å². The van der Waals surface area contributed by atoms with Crippen LogP contribution in [-0.4, -0.2) is 40.5 Å². The van der Waals surface area contributed by atoms with Gasteiger partial charge in [0, 0.05) is 34.0 Å². The van der Waals surface area contributed by atoms with Gasteiger partial charge in [-0.1, -0.05) is 67.6 Å². The number of halogens is 3. The molecule has 0 radical (unpaired) electrons. The van der Waals surface area contributed by atoms with Gasteiger partial charge in [-0.3, -0.25) is 19.3 Å². The summed E-state index contributed by atoms with van der Waals surface area (Å²) in [4.78, 5) is 44.7. The molecule has 1 amide bonds. The molecule has 1 saturated heterocycles. The lowest BCUT2D eigenvalue weighted by molar-refractivity contribution is -0.139. The lowest BCUT2D eigenvalue weighted by Crippen LogP contribution is -2.61. The number of likely N-dealkylation sites (tertiary alicyclic amines) is 1. The number of hydrogen-bond acceptors (Lipinski definition) is 4. The van der Waals surface area contributed by atoms with Crippen molar-refractivity contribution < 1.29 is 18.8 Å². The van der Waals surface area contributed by atoms with Gasteiger partial charge in [0.1, 0.15) is 17.0 Å². The van der Waals surface area contributed by atoms with Crippen molar-refractivity contribution in [2.45, 2.75) is 114 Å². The molecule has 1 N–H and O–H groups in total. The normalized spacial score (nSPS) is 34.0. The number of nitrogens with zero attached hydrogens (tertiary/aromatic N) is 1. The van der Waals surface area contributed by atoms with Gasteiger partial charge in [-0.2, -0.15) is 0 Å². The van der Waals surface area contributed by atoms with E-state index in [2.05, 4.69) is 17.1 Å². The molecule has 2 spiro atoms. The zero-order valence-electron chi connectivity index (χ0n) is 25.6. The molecule has 8 rings (SSSR count). The van der Waals surface area contributed by atoms with Crippen LogP contribution in [0.3, 0.4) is 0 Å². The van der Waals surface area contributed by atoms with E-state index in [9.17, 15) is 9.59 Å². The number of likely N-dealkylation sites (N-methyl/N-ethyl adjacent to an activating group) is 1. The van der Waals surface area contributed by atoms with Gasteiger partial charge in [0.05, 0.1) is 11.1 Å².